The third-order valence-corrected chi connectivity index (χ3v) is 4.32. The Hall–Kier alpha value is -1.05. The zero-order valence-electron chi connectivity index (χ0n) is 11.8. The average Bonchev–Trinajstić information content (AvgIpc) is 2.72. The Morgan fingerprint density at radius 3 is 2.89 bits per heavy atom. The summed E-state index contributed by atoms with van der Waals surface area (Å²) in [4.78, 5) is 11.7. The van der Waals surface area contributed by atoms with Crippen LogP contribution in [0.15, 0.2) is 22.8 Å². The quantitative estimate of drug-likeness (QED) is 0.428. The van der Waals surface area contributed by atoms with Gasteiger partial charge in [-0.1, -0.05) is 23.6 Å². The summed E-state index contributed by atoms with van der Waals surface area (Å²) in [6, 6.07) is 0. The van der Waals surface area contributed by atoms with Gasteiger partial charge in [0.2, 0.25) is 0 Å². The van der Waals surface area contributed by atoms with Gasteiger partial charge in [0.15, 0.2) is 0 Å². The number of carbonyl (C=O) groups excluding carboxylic acids is 1. The molecule has 2 heteroatoms. The molecule has 1 fully saturated rings. The van der Waals surface area contributed by atoms with Crippen molar-refractivity contribution in [2.45, 2.75) is 52.9 Å². The van der Waals surface area contributed by atoms with Crippen molar-refractivity contribution in [1.82, 2.24) is 0 Å². The molecule has 0 spiro atoms. The lowest BCUT2D eigenvalue weighted by Crippen LogP contribution is -2.17. The number of allylic oxidation sites excluding steroid dienone is 3. The monoisotopic (exact) mass is 248 g/mol. The van der Waals surface area contributed by atoms with Crippen LogP contribution in [0.1, 0.15) is 52.9 Å². The molecule has 2 atom stereocenters. The Labute approximate surface area is 110 Å². The van der Waals surface area contributed by atoms with Crippen LogP contribution in [0.5, 0.6) is 0 Å². The Morgan fingerprint density at radius 2 is 2.17 bits per heavy atom. The molecule has 0 N–H and O–H groups in total. The molecule has 2 aliphatic rings. The van der Waals surface area contributed by atoms with Crippen LogP contribution in [-0.4, -0.2) is 12.6 Å². The van der Waals surface area contributed by atoms with Crippen LogP contribution >= 0.6 is 0 Å². The van der Waals surface area contributed by atoms with E-state index < -0.39 is 0 Å². The molecule has 0 aromatic rings. The van der Waals surface area contributed by atoms with Crippen LogP contribution in [0, 0.1) is 11.8 Å². The molecule has 0 aromatic heterocycles. The van der Waals surface area contributed by atoms with Gasteiger partial charge in [-0.3, -0.25) is 0 Å². The molecule has 100 valence electrons. The lowest BCUT2D eigenvalue weighted by molar-refractivity contribution is -0.138. The van der Waals surface area contributed by atoms with E-state index >= 15 is 0 Å². The number of hydrogen-bond donors (Lipinski definition) is 0. The fraction of sp³-hybridized carbons (Fsp3) is 0.688. The van der Waals surface area contributed by atoms with Gasteiger partial charge in [0.1, 0.15) is 0 Å². The SMILES string of the molecule is CCOC(=O)/C(C)=C/[C@@H]1CCCC2CCC(C)=C21. The largest absolute Gasteiger partial charge is 0.463 e. The Bertz CT molecular complexity index is 390. The highest BCUT2D eigenvalue weighted by atomic mass is 16.5. The third kappa shape index (κ3) is 2.68. The van der Waals surface area contributed by atoms with Crippen molar-refractivity contribution in [2.75, 3.05) is 6.61 Å². The van der Waals surface area contributed by atoms with E-state index in [4.69, 9.17) is 4.74 Å². The zero-order chi connectivity index (χ0) is 13.1. The maximum atomic E-state index is 11.7. The molecule has 1 unspecified atom stereocenters. The van der Waals surface area contributed by atoms with E-state index in [0.29, 0.717) is 12.5 Å². The van der Waals surface area contributed by atoms with Crippen LogP contribution in [0.4, 0.5) is 0 Å². The number of ether oxygens (including phenoxy) is 1. The van der Waals surface area contributed by atoms with E-state index in [-0.39, 0.29) is 5.97 Å². The normalized spacial score (nSPS) is 28.3. The molecule has 0 aliphatic heterocycles. The number of fused-ring (bicyclic) bond motifs is 1. The van der Waals surface area contributed by atoms with Crippen molar-refractivity contribution < 1.29 is 9.53 Å². The molecule has 0 heterocycles. The second-order valence-corrected chi connectivity index (χ2v) is 5.58. The predicted molar refractivity (Wildman–Crippen MR) is 73.2 cm³/mol. The van der Waals surface area contributed by atoms with Crippen molar-refractivity contribution in [2.24, 2.45) is 11.8 Å². The van der Waals surface area contributed by atoms with Crippen LogP contribution < -0.4 is 0 Å². The number of hydrogen-bond acceptors (Lipinski definition) is 2. The van der Waals surface area contributed by atoms with Crippen molar-refractivity contribution in [3.8, 4) is 0 Å². The highest BCUT2D eigenvalue weighted by Crippen LogP contribution is 2.45. The molecule has 0 radical (unpaired) electrons. The zero-order valence-corrected chi connectivity index (χ0v) is 11.8. The van der Waals surface area contributed by atoms with Crippen LogP contribution in [0.25, 0.3) is 0 Å². The van der Waals surface area contributed by atoms with E-state index in [2.05, 4.69) is 13.0 Å². The standard InChI is InChI=1S/C16H24O2/c1-4-18-16(17)12(3)10-14-7-5-6-13-9-8-11(2)15(13)14/h10,13-14H,4-9H2,1-3H3/b12-10+/t13?,14-/m0/s1. The van der Waals surface area contributed by atoms with Gasteiger partial charge in [-0.25, -0.2) is 4.79 Å². The molecule has 2 nitrogen and oxygen atoms in total. The van der Waals surface area contributed by atoms with E-state index in [1.165, 1.54) is 32.1 Å². The fourth-order valence-electron chi connectivity index (χ4n) is 3.49. The summed E-state index contributed by atoms with van der Waals surface area (Å²) in [5, 5.41) is 0. The van der Waals surface area contributed by atoms with E-state index in [1.807, 2.05) is 13.8 Å². The molecule has 0 saturated heterocycles. The molecular formula is C16H24O2. The Morgan fingerprint density at radius 1 is 1.39 bits per heavy atom. The molecule has 0 bridgehead atoms. The van der Waals surface area contributed by atoms with Crippen molar-refractivity contribution in [3.63, 3.8) is 0 Å². The Kier molecular flexibility index (Phi) is 4.26. The van der Waals surface area contributed by atoms with Gasteiger partial charge in [0.25, 0.3) is 0 Å². The smallest absolute Gasteiger partial charge is 0.333 e. The molecule has 2 rings (SSSR count). The Balaban J connectivity index is 2.15. The summed E-state index contributed by atoms with van der Waals surface area (Å²) in [6.45, 7) is 6.46. The maximum Gasteiger partial charge on any atom is 0.333 e. The average molecular weight is 248 g/mol. The summed E-state index contributed by atoms with van der Waals surface area (Å²) in [7, 11) is 0. The minimum atomic E-state index is -0.157. The molecule has 1 saturated carbocycles. The van der Waals surface area contributed by atoms with Gasteiger partial charge in [0, 0.05) is 5.57 Å². The molecule has 0 amide bonds. The molecule has 2 aliphatic carbocycles. The minimum absolute atomic E-state index is 0.157. The van der Waals surface area contributed by atoms with E-state index in [0.717, 1.165) is 11.5 Å². The maximum absolute atomic E-state index is 11.7. The second-order valence-electron chi connectivity index (χ2n) is 5.58. The van der Waals surface area contributed by atoms with Gasteiger partial charge in [-0.05, 0) is 58.3 Å². The number of carbonyl (C=O) groups is 1. The van der Waals surface area contributed by atoms with Crippen molar-refractivity contribution in [3.05, 3.63) is 22.8 Å². The summed E-state index contributed by atoms with van der Waals surface area (Å²) in [5.41, 5.74) is 3.97. The summed E-state index contributed by atoms with van der Waals surface area (Å²) >= 11 is 0. The molecule has 18 heavy (non-hydrogen) atoms. The van der Waals surface area contributed by atoms with Crippen molar-refractivity contribution >= 4 is 5.97 Å². The van der Waals surface area contributed by atoms with Crippen molar-refractivity contribution in [1.29, 1.82) is 0 Å². The number of rotatable bonds is 3. The first kappa shape index (κ1) is 13.4. The van der Waals surface area contributed by atoms with Crippen LogP contribution in [-0.2, 0) is 9.53 Å². The fourth-order valence-corrected chi connectivity index (χ4v) is 3.49. The minimum Gasteiger partial charge on any atom is -0.463 e. The summed E-state index contributed by atoms with van der Waals surface area (Å²) in [5.74, 6) is 1.11. The van der Waals surface area contributed by atoms with Gasteiger partial charge >= 0.3 is 5.97 Å². The first-order chi connectivity index (χ1) is 8.63. The summed E-state index contributed by atoms with van der Waals surface area (Å²) in [6.07, 6.45) is 8.55. The first-order valence-electron chi connectivity index (χ1n) is 7.18. The van der Waals surface area contributed by atoms with Gasteiger partial charge < -0.3 is 4.74 Å². The topological polar surface area (TPSA) is 26.3 Å². The molecule has 0 aromatic carbocycles. The van der Waals surface area contributed by atoms with E-state index in [1.54, 1.807) is 11.1 Å². The molecular weight excluding hydrogens is 224 g/mol. The van der Waals surface area contributed by atoms with Gasteiger partial charge in [-0.2, -0.15) is 0 Å². The van der Waals surface area contributed by atoms with E-state index in [9.17, 15) is 4.79 Å². The third-order valence-electron chi connectivity index (χ3n) is 4.32. The first-order valence-corrected chi connectivity index (χ1v) is 7.18. The van der Waals surface area contributed by atoms with Gasteiger partial charge in [0.05, 0.1) is 6.61 Å². The highest BCUT2D eigenvalue weighted by Gasteiger charge is 2.31. The number of esters is 1. The summed E-state index contributed by atoms with van der Waals surface area (Å²) < 4.78 is 5.06. The van der Waals surface area contributed by atoms with Gasteiger partial charge in [-0.15, -0.1) is 0 Å². The van der Waals surface area contributed by atoms with Crippen LogP contribution in [0.3, 0.4) is 0 Å². The lowest BCUT2D eigenvalue weighted by atomic mass is 9.77. The highest BCUT2D eigenvalue weighted by molar-refractivity contribution is 5.87. The van der Waals surface area contributed by atoms with Crippen LogP contribution in [0.2, 0.25) is 0 Å². The lowest BCUT2D eigenvalue weighted by Gasteiger charge is -2.28. The predicted octanol–water partition coefficient (Wildman–Crippen LogP) is 4.02. The second kappa shape index (κ2) is 5.73.